The van der Waals surface area contributed by atoms with E-state index in [0.717, 1.165) is 10.0 Å². The smallest absolute Gasteiger partial charge is 0.251 e. The number of amides is 1. The summed E-state index contributed by atoms with van der Waals surface area (Å²) in [5.74, 6) is -0.253. The van der Waals surface area contributed by atoms with Crippen LogP contribution in [0.1, 0.15) is 49.2 Å². The number of benzene rings is 2. The first kappa shape index (κ1) is 20.6. The Morgan fingerprint density at radius 1 is 1.12 bits per heavy atom. The van der Waals surface area contributed by atoms with Crippen molar-refractivity contribution < 1.29 is 13.2 Å². The van der Waals surface area contributed by atoms with Crippen LogP contribution in [0.5, 0.6) is 0 Å². The van der Waals surface area contributed by atoms with Crippen LogP contribution in [-0.4, -0.2) is 20.4 Å². The molecule has 0 aromatic heterocycles. The van der Waals surface area contributed by atoms with Gasteiger partial charge in [0.05, 0.1) is 10.9 Å². The summed E-state index contributed by atoms with van der Waals surface area (Å²) in [6, 6.07) is 13.3. The van der Waals surface area contributed by atoms with E-state index in [-0.39, 0.29) is 22.9 Å². The molecule has 1 amide bonds. The van der Waals surface area contributed by atoms with E-state index >= 15 is 0 Å². The molecular formula is C19H23BrN2O3S. The van der Waals surface area contributed by atoms with Crippen molar-refractivity contribution >= 4 is 31.9 Å². The van der Waals surface area contributed by atoms with Crippen molar-refractivity contribution in [3.63, 3.8) is 0 Å². The summed E-state index contributed by atoms with van der Waals surface area (Å²) >= 11 is 3.41. The number of carbonyl (C=O) groups is 1. The highest BCUT2D eigenvalue weighted by Crippen LogP contribution is 2.19. The third-order valence-corrected chi connectivity index (χ3v) is 6.19. The van der Waals surface area contributed by atoms with Gasteiger partial charge in [0, 0.05) is 16.1 Å². The highest BCUT2D eigenvalue weighted by Gasteiger charge is 2.18. The number of nitrogens with one attached hydrogen (secondary N) is 2. The van der Waals surface area contributed by atoms with Crippen molar-refractivity contribution in [3.05, 3.63) is 64.1 Å². The van der Waals surface area contributed by atoms with Gasteiger partial charge in [-0.2, -0.15) is 0 Å². The summed E-state index contributed by atoms with van der Waals surface area (Å²) in [5.41, 5.74) is 1.39. The van der Waals surface area contributed by atoms with E-state index in [4.69, 9.17) is 0 Å². The van der Waals surface area contributed by atoms with Crippen LogP contribution in [0.3, 0.4) is 0 Å². The van der Waals surface area contributed by atoms with E-state index in [1.807, 2.05) is 45.0 Å². The largest absolute Gasteiger partial charge is 0.346 e. The monoisotopic (exact) mass is 438 g/mol. The van der Waals surface area contributed by atoms with Crippen LogP contribution < -0.4 is 10.0 Å². The molecule has 2 atom stereocenters. The van der Waals surface area contributed by atoms with Crippen molar-refractivity contribution in [1.82, 2.24) is 10.0 Å². The minimum atomic E-state index is -3.57. The van der Waals surface area contributed by atoms with Gasteiger partial charge in [0.25, 0.3) is 5.91 Å². The molecule has 26 heavy (non-hydrogen) atoms. The van der Waals surface area contributed by atoms with Gasteiger partial charge in [-0.05, 0) is 62.2 Å². The highest BCUT2D eigenvalue weighted by molar-refractivity contribution is 9.10. The molecule has 0 saturated heterocycles. The van der Waals surface area contributed by atoms with Gasteiger partial charge >= 0.3 is 0 Å². The standard InChI is InChI=1S/C19H23BrN2O3S/c1-4-13(2)22-26(24,25)18-10-8-15(9-11-18)19(23)21-14(3)16-6-5-7-17(20)12-16/h5-14,22H,4H2,1-3H3,(H,21,23). The van der Waals surface area contributed by atoms with Crippen molar-refractivity contribution in [2.45, 2.75) is 44.2 Å². The van der Waals surface area contributed by atoms with Crippen molar-refractivity contribution in [2.75, 3.05) is 0 Å². The molecule has 0 aliphatic carbocycles. The van der Waals surface area contributed by atoms with Crippen LogP contribution in [-0.2, 0) is 10.0 Å². The predicted octanol–water partition coefficient (Wildman–Crippen LogP) is 4.02. The summed E-state index contributed by atoms with van der Waals surface area (Å²) in [6.07, 6.45) is 0.702. The van der Waals surface area contributed by atoms with Crippen LogP contribution in [0.2, 0.25) is 0 Å². The molecule has 0 bridgehead atoms. The Kier molecular flexibility index (Phi) is 6.97. The fourth-order valence-electron chi connectivity index (χ4n) is 2.34. The van der Waals surface area contributed by atoms with E-state index in [1.165, 1.54) is 24.3 Å². The molecule has 5 nitrogen and oxygen atoms in total. The lowest BCUT2D eigenvalue weighted by Crippen LogP contribution is -2.32. The van der Waals surface area contributed by atoms with E-state index in [0.29, 0.717) is 12.0 Å². The molecule has 0 radical (unpaired) electrons. The molecule has 2 aromatic rings. The minimum absolute atomic E-state index is 0.144. The van der Waals surface area contributed by atoms with Crippen molar-refractivity contribution in [2.24, 2.45) is 0 Å². The average molecular weight is 439 g/mol. The highest BCUT2D eigenvalue weighted by atomic mass is 79.9. The average Bonchev–Trinajstić information content (AvgIpc) is 2.61. The molecule has 7 heteroatoms. The molecule has 0 aliphatic rings. The van der Waals surface area contributed by atoms with Gasteiger partial charge in [0.2, 0.25) is 10.0 Å². The minimum Gasteiger partial charge on any atom is -0.346 e. The van der Waals surface area contributed by atoms with Crippen LogP contribution in [0, 0.1) is 0 Å². The van der Waals surface area contributed by atoms with E-state index in [2.05, 4.69) is 26.0 Å². The fraction of sp³-hybridized carbons (Fsp3) is 0.316. The Balaban J connectivity index is 2.09. The SMILES string of the molecule is CCC(C)NS(=O)(=O)c1ccc(C(=O)NC(C)c2cccc(Br)c2)cc1. The number of carbonyl (C=O) groups excluding carboxylic acids is 1. The van der Waals surface area contributed by atoms with Crippen molar-refractivity contribution in [3.8, 4) is 0 Å². The first-order chi connectivity index (χ1) is 12.2. The zero-order valence-electron chi connectivity index (χ0n) is 15.0. The summed E-state index contributed by atoms with van der Waals surface area (Å²) in [5, 5.41) is 2.91. The second-order valence-electron chi connectivity index (χ2n) is 6.21. The van der Waals surface area contributed by atoms with Crippen molar-refractivity contribution in [1.29, 1.82) is 0 Å². The Morgan fingerprint density at radius 2 is 1.77 bits per heavy atom. The van der Waals surface area contributed by atoms with Gasteiger partial charge in [-0.15, -0.1) is 0 Å². The Bertz CT molecular complexity index is 867. The topological polar surface area (TPSA) is 75.3 Å². The van der Waals surface area contributed by atoms with Gasteiger partial charge < -0.3 is 5.32 Å². The summed E-state index contributed by atoms with van der Waals surface area (Å²) in [4.78, 5) is 12.6. The third kappa shape index (κ3) is 5.40. The molecule has 0 aliphatic heterocycles. The Morgan fingerprint density at radius 3 is 2.35 bits per heavy atom. The number of hydrogen-bond donors (Lipinski definition) is 2. The predicted molar refractivity (Wildman–Crippen MR) is 107 cm³/mol. The van der Waals surface area contributed by atoms with Crippen LogP contribution in [0.4, 0.5) is 0 Å². The maximum Gasteiger partial charge on any atom is 0.251 e. The number of rotatable bonds is 7. The fourth-order valence-corrected chi connectivity index (χ4v) is 4.08. The lowest BCUT2D eigenvalue weighted by atomic mass is 10.1. The first-order valence-corrected chi connectivity index (χ1v) is 10.7. The Hall–Kier alpha value is -1.70. The molecule has 0 saturated carbocycles. The Labute approximate surface area is 163 Å². The van der Waals surface area contributed by atoms with Gasteiger partial charge in [-0.1, -0.05) is 35.0 Å². The molecule has 2 aromatic carbocycles. The summed E-state index contributed by atoms with van der Waals surface area (Å²) < 4.78 is 28.1. The summed E-state index contributed by atoms with van der Waals surface area (Å²) in [7, 11) is -3.57. The second-order valence-corrected chi connectivity index (χ2v) is 8.83. The molecule has 2 rings (SSSR count). The summed E-state index contributed by atoms with van der Waals surface area (Å²) in [6.45, 7) is 5.62. The quantitative estimate of drug-likeness (QED) is 0.685. The van der Waals surface area contributed by atoms with E-state index in [9.17, 15) is 13.2 Å². The van der Waals surface area contributed by atoms with E-state index in [1.54, 1.807) is 0 Å². The lowest BCUT2D eigenvalue weighted by Gasteiger charge is -2.15. The maximum atomic E-state index is 12.4. The second kappa shape index (κ2) is 8.79. The van der Waals surface area contributed by atoms with Gasteiger partial charge in [-0.3, -0.25) is 4.79 Å². The molecule has 0 heterocycles. The van der Waals surface area contributed by atoms with E-state index < -0.39 is 10.0 Å². The van der Waals surface area contributed by atoms with Crippen LogP contribution in [0.25, 0.3) is 0 Å². The van der Waals surface area contributed by atoms with Crippen LogP contribution >= 0.6 is 15.9 Å². The normalized spacial score (nSPS) is 13.8. The third-order valence-electron chi connectivity index (χ3n) is 4.09. The zero-order valence-corrected chi connectivity index (χ0v) is 17.4. The lowest BCUT2D eigenvalue weighted by molar-refractivity contribution is 0.0939. The molecule has 2 unspecified atom stereocenters. The first-order valence-electron chi connectivity index (χ1n) is 8.41. The molecular weight excluding hydrogens is 416 g/mol. The zero-order chi connectivity index (χ0) is 19.3. The van der Waals surface area contributed by atoms with Gasteiger partial charge in [-0.25, -0.2) is 13.1 Å². The molecule has 140 valence electrons. The molecule has 0 spiro atoms. The molecule has 2 N–H and O–H groups in total. The number of hydrogen-bond acceptors (Lipinski definition) is 3. The van der Waals surface area contributed by atoms with Crippen LogP contribution in [0.15, 0.2) is 57.9 Å². The maximum absolute atomic E-state index is 12.4. The number of sulfonamides is 1. The molecule has 0 fully saturated rings. The van der Waals surface area contributed by atoms with Gasteiger partial charge in [0.1, 0.15) is 0 Å². The number of halogens is 1. The van der Waals surface area contributed by atoms with Gasteiger partial charge in [0.15, 0.2) is 0 Å².